The van der Waals surface area contributed by atoms with E-state index >= 15 is 0 Å². The van der Waals surface area contributed by atoms with Gasteiger partial charge in [-0.25, -0.2) is 14.4 Å². The molecule has 0 atom stereocenters. The van der Waals surface area contributed by atoms with Crippen LogP contribution in [-0.2, 0) is 14.3 Å². The molecule has 1 aliphatic rings. The molecule has 0 saturated carbocycles. The molecule has 0 unspecified atom stereocenters. The van der Waals surface area contributed by atoms with Crippen LogP contribution in [0.3, 0.4) is 0 Å². The fourth-order valence-corrected chi connectivity index (χ4v) is 6.33. The van der Waals surface area contributed by atoms with E-state index in [2.05, 4.69) is 20.7 Å². The number of esters is 2. The van der Waals surface area contributed by atoms with Crippen LogP contribution in [0.5, 0.6) is 23.0 Å². The van der Waals surface area contributed by atoms with Gasteiger partial charge >= 0.3 is 17.9 Å². The number of carbonyl (C=O) groups is 8. The van der Waals surface area contributed by atoms with E-state index in [4.69, 9.17) is 14.2 Å². The summed E-state index contributed by atoms with van der Waals surface area (Å²) in [5.41, 5.74) is 2.44. The van der Waals surface area contributed by atoms with E-state index in [0.29, 0.717) is 45.1 Å². The van der Waals surface area contributed by atoms with Crippen LogP contribution in [0.1, 0.15) is 62.1 Å². The van der Waals surface area contributed by atoms with Crippen LogP contribution in [0.15, 0.2) is 121 Å². The number of cyclic esters (lactones) is 2. The maximum atomic E-state index is 13.4. The minimum Gasteiger partial charge on any atom is -0.478 e. The fraction of sp³-hybridized carbons (Fsp3) is 0.0222. The van der Waals surface area contributed by atoms with Crippen LogP contribution in [0.2, 0.25) is 0 Å². The number of rotatable bonds is 14. The monoisotopic (exact) mass is 819 g/mol. The van der Waals surface area contributed by atoms with Crippen molar-refractivity contribution in [2.75, 3.05) is 17.7 Å². The molecule has 6 aromatic carbocycles. The highest BCUT2D eigenvalue weighted by Crippen LogP contribution is 2.33. The normalized spacial score (nSPS) is 11.4. The van der Waals surface area contributed by atoms with E-state index in [-0.39, 0.29) is 57.8 Å². The van der Waals surface area contributed by atoms with Gasteiger partial charge in [0.2, 0.25) is 0 Å². The van der Waals surface area contributed by atoms with Gasteiger partial charge in [-0.3, -0.25) is 24.0 Å². The lowest BCUT2D eigenvalue weighted by Gasteiger charge is -2.13. The Labute approximate surface area is 344 Å². The molecule has 0 radical (unpaired) electrons. The molecule has 16 heteroatoms. The highest BCUT2D eigenvalue weighted by molar-refractivity contribution is 6.15. The number of fused-ring (bicyclic) bond motifs is 1. The Morgan fingerprint density at radius 3 is 1.48 bits per heavy atom. The second-order valence-corrected chi connectivity index (χ2v) is 13.0. The first kappa shape index (κ1) is 40.3. The van der Waals surface area contributed by atoms with Gasteiger partial charge < -0.3 is 40.0 Å². The summed E-state index contributed by atoms with van der Waals surface area (Å²) < 4.78 is 20.5. The molecule has 0 bridgehead atoms. The van der Waals surface area contributed by atoms with E-state index in [9.17, 15) is 43.5 Å². The van der Waals surface area contributed by atoms with Crippen LogP contribution in [0.25, 0.3) is 22.3 Å². The summed E-state index contributed by atoms with van der Waals surface area (Å²) in [4.78, 5) is 97.5. The second-order valence-electron chi connectivity index (χ2n) is 13.0. The zero-order valence-electron chi connectivity index (χ0n) is 31.5. The molecule has 7 rings (SSSR count). The van der Waals surface area contributed by atoms with Crippen molar-refractivity contribution < 1.29 is 62.4 Å². The van der Waals surface area contributed by atoms with Crippen molar-refractivity contribution in [3.05, 3.63) is 155 Å². The zero-order chi connectivity index (χ0) is 43.2. The quantitative estimate of drug-likeness (QED) is 0.0507. The Bertz CT molecular complexity index is 2800. The van der Waals surface area contributed by atoms with Crippen LogP contribution >= 0.6 is 0 Å². The zero-order valence-corrected chi connectivity index (χ0v) is 31.5. The number of carbonyl (C=O) groups excluding carboxylic acids is 7. The first-order valence-electron chi connectivity index (χ1n) is 18.0. The van der Waals surface area contributed by atoms with Gasteiger partial charge in [-0.2, -0.15) is 0 Å². The third-order valence-electron chi connectivity index (χ3n) is 9.29. The lowest BCUT2D eigenvalue weighted by atomic mass is 9.97. The molecule has 1 aliphatic heterocycles. The van der Waals surface area contributed by atoms with E-state index in [1.54, 1.807) is 66.7 Å². The van der Waals surface area contributed by atoms with Crippen LogP contribution in [-0.4, -0.2) is 60.7 Å². The molecule has 0 fully saturated rings. The number of carboxylic acid groups (broad SMARTS) is 1. The lowest BCUT2D eigenvalue weighted by Crippen LogP contribution is -2.19. The van der Waals surface area contributed by atoms with Crippen molar-refractivity contribution >= 4 is 59.9 Å². The molecule has 1 heterocycles. The van der Waals surface area contributed by atoms with Gasteiger partial charge in [0.15, 0.2) is 0 Å². The van der Waals surface area contributed by atoms with Gasteiger partial charge in [0.05, 0.1) is 33.4 Å². The minimum atomic E-state index is -1.33. The average molecular weight is 820 g/mol. The Balaban J connectivity index is 1.02. The number of hydrogen-bond acceptors (Lipinski definition) is 12. The molecule has 0 saturated heterocycles. The molecule has 0 aliphatic carbocycles. The molecule has 6 aromatic rings. The number of carboxylic acids is 1. The third-order valence-corrected chi connectivity index (χ3v) is 9.29. The fourth-order valence-electron chi connectivity index (χ4n) is 6.33. The van der Waals surface area contributed by atoms with Gasteiger partial charge in [0.25, 0.3) is 30.7 Å². The molecule has 3 amide bonds. The predicted octanol–water partition coefficient (Wildman–Crippen LogP) is 6.76. The summed E-state index contributed by atoms with van der Waals surface area (Å²) in [5.74, 6) is -3.95. The van der Waals surface area contributed by atoms with Crippen molar-refractivity contribution in [2.24, 2.45) is 0 Å². The Morgan fingerprint density at radius 2 is 0.967 bits per heavy atom. The van der Waals surface area contributed by atoms with Crippen molar-refractivity contribution in [3.63, 3.8) is 0 Å². The number of amides is 3. The number of nitrogens with one attached hydrogen (secondary N) is 3. The number of anilines is 2. The Morgan fingerprint density at radius 1 is 0.525 bits per heavy atom. The molecular formula is C45H29N3O13. The summed E-state index contributed by atoms with van der Waals surface area (Å²) in [6.07, 6.45) is 0. The predicted molar refractivity (Wildman–Crippen MR) is 216 cm³/mol. The second kappa shape index (κ2) is 17.3. The van der Waals surface area contributed by atoms with E-state index in [1.165, 1.54) is 61.6 Å². The summed E-state index contributed by atoms with van der Waals surface area (Å²) >= 11 is 0. The maximum Gasteiger partial charge on any atom is 0.346 e. The number of aromatic carboxylic acids is 1. The van der Waals surface area contributed by atoms with E-state index < -0.39 is 35.6 Å². The number of hydrogen-bond donors (Lipinski definition) is 4. The molecule has 4 N–H and O–H groups in total. The molecule has 61 heavy (non-hydrogen) atoms. The highest BCUT2D eigenvalue weighted by Gasteiger charge is 2.30. The number of ether oxygens (including phenoxy) is 4. The van der Waals surface area contributed by atoms with Crippen molar-refractivity contribution in [1.82, 2.24) is 5.32 Å². The standard InChI is InChI=1S/C45H29N3O13/c1-46-40(51)36-20-26(4-16-38(36)58-22-49)24-2-14-32(43(54)55)34(18-24)41(52)47-28-6-10-30(11-7-28)60-31-12-8-29(9-13-31)48-42(53)37-21-27(5-17-39(37)59-23-50)25-3-15-33-35(19-25)45(57)61-44(33)56/h2-23H,1H3,(H,46,51)(H,47,52)(H,48,53)(H,54,55). The van der Waals surface area contributed by atoms with Gasteiger partial charge in [-0.05, 0) is 119 Å². The van der Waals surface area contributed by atoms with Crippen LogP contribution < -0.4 is 30.2 Å². The van der Waals surface area contributed by atoms with Crippen molar-refractivity contribution in [2.45, 2.75) is 0 Å². The molecule has 302 valence electrons. The first-order valence-corrected chi connectivity index (χ1v) is 18.0. The Hall–Kier alpha value is -8.92. The van der Waals surface area contributed by atoms with Crippen molar-refractivity contribution in [3.8, 4) is 45.3 Å². The van der Waals surface area contributed by atoms with Gasteiger partial charge in [0, 0.05) is 18.4 Å². The molecular weight excluding hydrogens is 791 g/mol. The summed E-state index contributed by atoms with van der Waals surface area (Å²) in [6.45, 7) is 0.375. The van der Waals surface area contributed by atoms with Gasteiger partial charge in [-0.1, -0.05) is 24.3 Å². The van der Waals surface area contributed by atoms with Crippen molar-refractivity contribution in [1.29, 1.82) is 0 Å². The average Bonchev–Trinajstić information content (AvgIpc) is 3.56. The molecule has 0 spiro atoms. The highest BCUT2D eigenvalue weighted by atomic mass is 16.6. The Kier molecular flexibility index (Phi) is 11.4. The molecule has 0 aromatic heterocycles. The maximum absolute atomic E-state index is 13.4. The molecule has 16 nitrogen and oxygen atoms in total. The third kappa shape index (κ3) is 8.68. The summed E-state index contributed by atoms with van der Waals surface area (Å²) in [7, 11) is 1.41. The summed E-state index contributed by atoms with van der Waals surface area (Å²) in [6, 6.07) is 30.2. The minimum absolute atomic E-state index is 0.0110. The van der Waals surface area contributed by atoms with E-state index in [1.807, 2.05) is 0 Å². The SMILES string of the molecule is CNC(=O)c1cc(-c2ccc(C(=O)O)c(C(=O)Nc3ccc(Oc4ccc(NC(=O)c5cc(-c6ccc7c(c6)C(=O)OC7=O)ccc5OC=O)cc4)cc3)c2)ccc1OC=O. The largest absolute Gasteiger partial charge is 0.478 e. The lowest BCUT2D eigenvalue weighted by molar-refractivity contribution is -0.121. The number of benzene rings is 6. The van der Waals surface area contributed by atoms with Crippen LogP contribution in [0, 0.1) is 0 Å². The van der Waals surface area contributed by atoms with Gasteiger partial charge in [-0.15, -0.1) is 0 Å². The van der Waals surface area contributed by atoms with Crippen LogP contribution in [0.4, 0.5) is 11.4 Å². The smallest absolute Gasteiger partial charge is 0.346 e. The van der Waals surface area contributed by atoms with Gasteiger partial charge in [0.1, 0.15) is 23.0 Å². The first-order chi connectivity index (χ1) is 29.5. The van der Waals surface area contributed by atoms with E-state index in [0.717, 1.165) is 0 Å². The topological polar surface area (TPSA) is 230 Å². The summed E-state index contributed by atoms with van der Waals surface area (Å²) in [5, 5.41) is 17.7.